The lowest BCUT2D eigenvalue weighted by atomic mass is 9.84. The molecule has 0 aliphatic rings. The van der Waals surface area contributed by atoms with Crippen LogP contribution in [0.15, 0.2) is 194 Å². The Morgan fingerprint density at radius 3 is 1.48 bits per heavy atom. The van der Waals surface area contributed by atoms with E-state index in [0.717, 1.165) is 33.4 Å². The van der Waals surface area contributed by atoms with E-state index in [2.05, 4.69) is 133 Å². The number of aromatic nitrogens is 3. The summed E-state index contributed by atoms with van der Waals surface area (Å²) in [7, 11) is 0. The third kappa shape index (κ3) is 5.85. The van der Waals surface area contributed by atoms with Gasteiger partial charge < -0.3 is 0 Å². The molecular formula is C52H32N4. The van der Waals surface area contributed by atoms with Crippen LogP contribution in [0.2, 0.25) is 0 Å². The van der Waals surface area contributed by atoms with Crippen LogP contribution in [0, 0.1) is 11.3 Å². The molecule has 0 saturated heterocycles. The third-order valence-corrected chi connectivity index (χ3v) is 10.5. The Bertz CT molecular complexity index is 3110. The summed E-state index contributed by atoms with van der Waals surface area (Å²) in [5.74, 6) is 1.80. The van der Waals surface area contributed by atoms with Crippen LogP contribution in [0.25, 0.3) is 99.9 Å². The van der Waals surface area contributed by atoms with Gasteiger partial charge >= 0.3 is 0 Å². The van der Waals surface area contributed by atoms with Crippen molar-refractivity contribution < 1.29 is 0 Å². The third-order valence-electron chi connectivity index (χ3n) is 10.5. The number of fused-ring (bicyclic) bond motifs is 4. The van der Waals surface area contributed by atoms with Gasteiger partial charge in [0, 0.05) is 16.7 Å². The normalized spacial score (nSPS) is 11.2. The fourth-order valence-electron chi connectivity index (χ4n) is 7.88. The Kier molecular flexibility index (Phi) is 8.17. The van der Waals surface area contributed by atoms with E-state index in [1.807, 2.05) is 66.7 Å². The van der Waals surface area contributed by atoms with Gasteiger partial charge in [-0.1, -0.05) is 176 Å². The van der Waals surface area contributed by atoms with E-state index in [0.29, 0.717) is 23.0 Å². The lowest BCUT2D eigenvalue weighted by Crippen LogP contribution is -2.00. The maximum absolute atomic E-state index is 9.30. The molecule has 10 aromatic rings. The summed E-state index contributed by atoms with van der Waals surface area (Å²) in [4.78, 5) is 15.1. The van der Waals surface area contributed by atoms with E-state index in [-0.39, 0.29) is 0 Å². The molecule has 0 aliphatic carbocycles. The zero-order valence-electron chi connectivity index (χ0n) is 30.3. The number of hydrogen-bond acceptors (Lipinski definition) is 4. The topological polar surface area (TPSA) is 62.5 Å². The van der Waals surface area contributed by atoms with E-state index in [4.69, 9.17) is 15.0 Å². The summed E-state index contributed by atoms with van der Waals surface area (Å²) in [6, 6.07) is 69.5. The number of hydrogen-bond donors (Lipinski definition) is 0. The minimum atomic E-state index is 0.591. The van der Waals surface area contributed by atoms with Crippen molar-refractivity contribution in [3.8, 4) is 73.6 Å². The van der Waals surface area contributed by atoms with Gasteiger partial charge in [-0.15, -0.1) is 0 Å². The van der Waals surface area contributed by atoms with Gasteiger partial charge in [0.25, 0.3) is 0 Å². The van der Waals surface area contributed by atoms with Crippen molar-refractivity contribution in [3.05, 3.63) is 200 Å². The lowest BCUT2D eigenvalue weighted by molar-refractivity contribution is 1.07. The van der Waals surface area contributed by atoms with Gasteiger partial charge in [0.15, 0.2) is 17.5 Å². The first-order valence-corrected chi connectivity index (χ1v) is 18.7. The minimum Gasteiger partial charge on any atom is -0.208 e. The summed E-state index contributed by atoms with van der Waals surface area (Å²) in [5, 5.41) is 16.7. The Balaban J connectivity index is 1.13. The zero-order valence-corrected chi connectivity index (χ0v) is 30.3. The average molecular weight is 713 g/mol. The molecule has 10 rings (SSSR count). The highest BCUT2D eigenvalue weighted by Crippen LogP contribution is 2.46. The number of rotatable bonds is 6. The minimum absolute atomic E-state index is 0.591. The van der Waals surface area contributed by atoms with Crippen LogP contribution >= 0.6 is 0 Å². The number of nitriles is 1. The quantitative estimate of drug-likeness (QED) is 0.127. The molecule has 0 N–H and O–H groups in total. The highest BCUT2D eigenvalue weighted by Gasteiger charge is 2.19. The maximum Gasteiger partial charge on any atom is 0.164 e. The Hall–Kier alpha value is -7.74. The molecule has 0 saturated carbocycles. The molecule has 260 valence electrons. The Morgan fingerprint density at radius 1 is 0.321 bits per heavy atom. The van der Waals surface area contributed by atoms with Crippen LogP contribution in [0.5, 0.6) is 0 Å². The van der Waals surface area contributed by atoms with Gasteiger partial charge in [0.2, 0.25) is 0 Å². The van der Waals surface area contributed by atoms with Crippen LogP contribution < -0.4 is 0 Å². The zero-order chi connectivity index (χ0) is 37.4. The molecule has 0 fully saturated rings. The van der Waals surface area contributed by atoms with Gasteiger partial charge in [-0.2, -0.15) is 5.26 Å². The largest absolute Gasteiger partial charge is 0.208 e. The van der Waals surface area contributed by atoms with Gasteiger partial charge in [-0.3, -0.25) is 0 Å². The summed E-state index contributed by atoms with van der Waals surface area (Å²) in [5.41, 5.74) is 10.1. The smallest absolute Gasteiger partial charge is 0.164 e. The lowest BCUT2D eigenvalue weighted by Gasteiger charge is -2.19. The van der Waals surface area contributed by atoms with Crippen molar-refractivity contribution in [2.24, 2.45) is 0 Å². The summed E-state index contributed by atoms with van der Waals surface area (Å²) in [6.07, 6.45) is 0. The average Bonchev–Trinajstić information content (AvgIpc) is 3.28. The molecule has 0 unspecified atom stereocenters. The van der Waals surface area contributed by atoms with E-state index in [1.54, 1.807) is 0 Å². The first-order valence-electron chi connectivity index (χ1n) is 18.7. The molecule has 1 aromatic heterocycles. The van der Waals surface area contributed by atoms with Gasteiger partial charge in [-0.25, -0.2) is 15.0 Å². The molecule has 0 amide bonds. The molecule has 0 aliphatic heterocycles. The molecule has 0 atom stereocenters. The molecule has 0 radical (unpaired) electrons. The molecule has 4 nitrogen and oxygen atoms in total. The second-order valence-electron chi connectivity index (χ2n) is 13.9. The van der Waals surface area contributed by atoms with Crippen LogP contribution in [-0.4, -0.2) is 15.0 Å². The van der Waals surface area contributed by atoms with E-state index < -0.39 is 0 Å². The molecule has 0 spiro atoms. The first-order chi connectivity index (χ1) is 27.7. The van der Waals surface area contributed by atoms with Crippen molar-refractivity contribution in [2.45, 2.75) is 0 Å². The fraction of sp³-hybridized carbons (Fsp3) is 0. The SMILES string of the molecule is N#Cc1ccc(-c2cccc(-c3nc(-c4ccccc4)nc(-c4ccc(-c5c6ccccc6c(-c6ccccc6)c6c5ccc5ccccc56)cc4)n3)c2)cc1. The molecule has 0 bridgehead atoms. The maximum atomic E-state index is 9.30. The summed E-state index contributed by atoms with van der Waals surface area (Å²) in [6.45, 7) is 0. The van der Waals surface area contributed by atoms with E-state index in [1.165, 1.54) is 49.0 Å². The van der Waals surface area contributed by atoms with E-state index >= 15 is 0 Å². The number of nitrogens with zero attached hydrogens (tertiary/aromatic N) is 4. The van der Waals surface area contributed by atoms with Gasteiger partial charge in [0.1, 0.15) is 0 Å². The van der Waals surface area contributed by atoms with E-state index in [9.17, 15) is 5.26 Å². The summed E-state index contributed by atoms with van der Waals surface area (Å²) < 4.78 is 0. The number of benzene rings is 9. The molecular weight excluding hydrogens is 681 g/mol. The van der Waals surface area contributed by atoms with Gasteiger partial charge in [-0.05, 0) is 83.9 Å². The van der Waals surface area contributed by atoms with Crippen molar-refractivity contribution >= 4 is 32.3 Å². The molecule has 1 heterocycles. The molecule has 4 heteroatoms. The monoisotopic (exact) mass is 712 g/mol. The van der Waals surface area contributed by atoms with Crippen molar-refractivity contribution in [1.82, 2.24) is 15.0 Å². The van der Waals surface area contributed by atoms with Crippen molar-refractivity contribution in [3.63, 3.8) is 0 Å². The second kappa shape index (κ2) is 13.9. The van der Waals surface area contributed by atoms with Crippen molar-refractivity contribution in [2.75, 3.05) is 0 Å². The first kappa shape index (κ1) is 32.9. The molecule has 9 aromatic carbocycles. The van der Waals surface area contributed by atoms with Crippen LogP contribution in [0.3, 0.4) is 0 Å². The van der Waals surface area contributed by atoms with Crippen molar-refractivity contribution in [1.29, 1.82) is 5.26 Å². The summed E-state index contributed by atoms with van der Waals surface area (Å²) >= 11 is 0. The molecule has 56 heavy (non-hydrogen) atoms. The highest BCUT2D eigenvalue weighted by atomic mass is 15.0. The van der Waals surface area contributed by atoms with Crippen LogP contribution in [0.4, 0.5) is 0 Å². The second-order valence-corrected chi connectivity index (χ2v) is 13.9. The predicted octanol–water partition coefficient (Wildman–Crippen LogP) is 13.2. The van der Waals surface area contributed by atoms with Crippen LogP contribution in [0.1, 0.15) is 5.56 Å². The Labute approximate surface area is 324 Å². The fourth-order valence-corrected chi connectivity index (χ4v) is 7.88. The standard InChI is InChI=1S/C52H32N4/c53-33-34-22-24-35(25-23-34)41-17-11-18-42(32-41)52-55-50(39-15-5-2-6-16-39)54-51(56-52)40-28-26-38(27-29-40)47-44-20-9-10-21-45(44)48(37-13-3-1-4-14-37)49-43-19-8-7-12-36(43)30-31-46(47)49/h1-32H. The van der Waals surface area contributed by atoms with Gasteiger partial charge in [0.05, 0.1) is 11.6 Å². The predicted molar refractivity (Wildman–Crippen MR) is 230 cm³/mol. The highest BCUT2D eigenvalue weighted by molar-refractivity contribution is 6.27. The van der Waals surface area contributed by atoms with Crippen LogP contribution in [-0.2, 0) is 0 Å². The Morgan fingerprint density at radius 2 is 0.804 bits per heavy atom.